The number of aromatic nitrogens is 1. The first-order valence-electron chi connectivity index (χ1n) is 5.84. The van der Waals surface area contributed by atoms with E-state index in [0.29, 0.717) is 6.04 Å². The Bertz CT molecular complexity index is 312. The van der Waals surface area contributed by atoms with Crippen LogP contribution in [-0.4, -0.2) is 31.3 Å². The normalized spacial score (nSPS) is 13.0. The fraction of sp³-hybridized carbons (Fsp3) is 0.750. The van der Waals surface area contributed by atoms with Gasteiger partial charge in [-0.1, -0.05) is 6.92 Å². The summed E-state index contributed by atoms with van der Waals surface area (Å²) in [6, 6.07) is 0.414. The Morgan fingerprint density at radius 3 is 2.81 bits per heavy atom. The molecule has 0 aliphatic heterocycles. The Kier molecular flexibility index (Phi) is 5.95. The van der Waals surface area contributed by atoms with E-state index in [1.807, 2.05) is 11.3 Å². The third-order valence-corrected chi connectivity index (χ3v) is 3.59. The van der Waals surface area contributed by atoms with E-state index in [2.05, 4.69) is 31.1 Å². The van der Waals surface area contributed by atoms with E-state index in [1.54, 1.807) is 7.11 Å². The van der Waals surface area contributed by atoms with Crippen LogP contribution in [-0.2, 0) is 17.6 Å². The van der Waals surface area contributed by atoms with Crippen molar-refractivity contribution >= 4 is 11.3 Å². The van der Waals surface area contributed by atoms with Crippen molar-refractivity contribution < 1.29 is 4.74 Å². The van der Waals surface area contributed by atoms with Gasteiger partial charge in [0, 0.05) is 31.0 Å². The highest BCUT2D eigenvalue weighted by molar-refractivity contribution is 7.11. The summed E-state index contributed by atoms with van der Waals surface area (Å²) in [6.45, 7) is 8.18. The van der Waals surface area contributed by atoms with Crippen LogP contribution in [0.5, 0.6) is 0 Å². The van der Waals surface area contributed by atoms with Crippen LogP contribution in [0.2, 0.25) is 0 Å². The molecule has 0 saturated carbocycles. The topological polar surface area (TPSA) is 34.2 Å². The summed E-state index contributed by atoms with van der Waals surface area (Å²) in [4.78, 5) is 5.98. The van der Waals surface area contributed by atoms with Crippen molar-refractivity contribution in [2.24, 2.45) is 0 Å². The van der Waals surface area contributed by atoms with Crippen LogP contribution in [0.15, 0.2) is 0 Å². The summed E-state index contributed by atoms with van der Waals surface area (Å²) in [5.74, 6) is 0. The highest BCUT2D eigenvalue weighted by Gasteiger charge is 2.06. The Labute approximate surface area is 102 Å². The number of thiazole rings is 1. The van der Waals surface area contributed by atoms with Gasteiger partial charge in [0.05, 0.1) is 17.3 Å². The Balaban J connectivity index is 2.31. The summed E-state index contributed by atoms with van der Waals surface area (Å²) >= 11 is 1.82. The van der Waals surface area contributed by atoms with Crippen LogP contribution in [0.1, 0.15) is 29.4 Å². The van der Waals surface area contributed by atoms with Crippen LogP contribution < -0.4 is 5.32 Å². The molecule has 0 spiro atoms. The number of methoxy groups -OCH3 is 1. The molecule has 0 aliphatic carbocycles. The first-order chi connectivity index (χ1) is 7.67. The second-order valence-electron chi connectivity index (χ2n) is 4.02. The predicted octanol–water partition coefficient (Wildman–Crippen LogP) is 2.18. The van der Waals surface area contributed by atoms with E-state index < -0.39 is 0 Å². The third-order valence-electron chi connectivity index (χ3n) is 2.52. The predicted molar refractivity (Wildman–Crippen MR) is 69.3 cm³/mol. The van der Waals surface area contributed by atoms with E-state index in [4.69, 9.17) is 4.74 Å². The fourth-order valence-electron chi connectivity index (χ4n) is 1.66. The monoisotopic (exact) mass is 242 g/mol. The molecule has 1 N–H and O–H groups in total. The maximum Gasteiger partial charge on any atom is 0.0943 e. The van der Waals surface area contributed by atoms with E-state index in [0.717, 1.165) is 26.0 Å². The average molecular weight is 242 g/mol. The molecule has 0 saturated heterocycles. The Morgan fingerprint density at radius 1 is 1.50 bits per heavy atom. The molecule has 1 atom stereocenters. The molecule has 92 valence electrons. The lowest BCUT2D eigenvalue weighted by molar-refractivity contribution is 0.172. The number of rotatable bonds is 7. The lowest BCUT2D eigenvalue weighted by Crippen LogP contribution is -2.31. The van der Waals surface area contributed by atoms with Crippen molar-refractivity contribution in [3.63, 3.8) is 0 Å². The Hall–Kier alpha value is -0.450. The summed E-state index contributed by atoms with van der Waals surface area (Å²) in [6.07, 6.45) is 2.05. The second-order valence-corrected chi connectivity index (χ2v) is 5.31. The maximum atomic E-state index is 5.07. The minimum atomic E-state index is 0.414. The number of nitrogens with one attached hydrogen (secondary N) is 1. The molecule has 3 nitrogen and oxygen atoms in total. The fourth-order valence-corrected chi connectivity index (χ4v) is 2.68. The number of hydrogen-bond acceptors (Lipinski definition) is 4. The molecule has 1 aromatic heterocycles. The number of aryl methyl sites for hydroxylation is 2. The van der Waals surface area contributed by atoms with Gasteiger partial charge in [-0.2, -0.15) is 0 Å². The average Bonchev–Trinajstić information content (AvgIpc) is 2.59. The molecular weight excluding hydrogens is 220 g/mol. The zero-order chi connectivity index (χ0) is 12.0. The van der Waals surface area contributed by atoms with Crippen molar-refractivity contribution in [3.8, 4) is 0 Å². The molecule has 1 rings (SSSR count). The zero-order valence-electron chi connectivity index (χ0n) is 10.7. The van der Waals surface area contributed by atoms with E-state index in [1.165, 1.54) is 15.6 Å². The van der Waals surface area contributed by atoms with Crippen LogP contribution in [0, 0.1) is 6.92 Å². The lowest BCUT2D eigenvalue weighted by Gasteiger charge is -2.11. The van der Waals surface area contributed by atoms with Crippen LogP contribution in [0.4, 0.5) is 0 Å². The number of hydrogen-bond donors (Lipinski definition) is 1. The molecule has 1 aromatic rings. The maximum absolute atomic E-state index is 5.07. The molecule has 1 heterocycles. The van der Waals surface area contributed by atoms with Gasteiger partial charge in [-0.15, -0.1) is 11.3 Å². The van der Waals surface area contributed by atoms with Crippen molar-refractivity contribution in [2.45, 2.75) is 39.7 Å². The smallest absolute Gasteiger partial charge is 0.0943 e. The highest BCUT2D eigenvalue weighted by atomic mass is 32.1. The van der Waals surface area contributed by atoms with Gasteiger partial charge in [0.1, 0.15) is 0 Å². The van der Waals surface area contributed by atoms with Gasteiger partial charge in [-0.3, -0.25) is 0 Å². The summed E-state index contributed by atoms with van der Waals surface area (Å²) in [7, 11) is 1.73. The molecule has 1 unspecified atom stereocenters. The van der Waals surface area contributed by atoms with Gasteiger partial charge in [-0.25, -0.2) is 4.98 Å². The van der Waals surface area contributed by atoms with Gasteiger partial charge in [0.15, 0.2) is 0 Å². The van der Waals surface area contributed by atoms with Crippen LogP contribution in [0.3, 0.4) is 0 Å². The minimum absolute atomic E-state index is 0.414. The first-order valence-corrected chi connectivity index (χ1v) is 6.66. The van der Waals surface area contributed by atoms with Crippen molar-refractivity contribution in [1.82, 2.24) is 10.3 Å². The molecule has 0 amide bonds. The van der Waals surface area contributed by atoms with Crippen LogP contribution in [0.25, 0.3) is 0 Å². The van der Waals surface area contributed by atoms with Gasteiger partial charge < -0.3 is 10.1 Å². The molecule has 4 heteroatoms. The molecular formula is C12H22N2OS. The van der Waals surface area contributed by atoms with Crippen molar-refractivity contribution in [2.75, 3.05) is 20.3 Å². The molecule has 0 fully saturated rings. The van der Waals surface area contributed by atoms with E-state index >= 15 is 0 Å². The standard InChI is InChI=1S/C12H22N2OS/c1-5-11-10(3)16-12(14-11)6-7-13-9(2)8-15-4/h9,13H,5-8H2,1-4H3. The minimum Gasteiger partial charge on any atom is -0.383 e. The van der Waals surface area contributed by atoms with Gasteiger partial charge in [0.25, 0.3) is 0 Å². The van der Waals surface area contributed by atoms with Gasteiger partial charge in [0.2, 0.25) is 0 Å². The lowest BCUT2D eigenvalue weighted by atomic mass is 10.3. The van der Waals surface area contributed by atoms with Crippen molar-refractivity contribution in [3.05, 3.63) is 15.6 Å². The first kappa shape index (κ1) is 13.6. The quantitative estimate of drug-likeness (QED) is 0.796. The molecule has 0 radical (unpaired) electrons. The summed E-state index contributed by atoms with van der Waals surface area (Å²) in [5, 5.41) is 4.66. The second kappa shape index (κ2) is 6.99. The zero-order valence-corrected chi connectivity index (χ0v) is 11.5. The summed E-state index contributed by atoms with van der Waals surface area (Å²) < 4.78 is 5.07. The number of nitrogens with zero attached hydrogens (tertiary/aromatic N) is 1. The molecule has 0 aliphatic rings. The largest absolute Gasteiger partial charge is 0.383 e. The third kappa shape index (κ3) is 4.20. The van der Waals surface area contributed by atoms with E-state index in [9.17, 15) is 0 Å². The van der Waals surface area contributed by atoms with Gasteiger partial charge >= 0.3 is 0 Å². The number of ether oxygens (including phenoxy) is 1. The molecule has 0 bridgehead atoms. The molecule has 0 aromatic carbocycles. The van der Waals surface area contributed by atoms with Gasteiger partial charge in [-0.05, 0) is 20.3 Å². The Morgan fingerprint density at radius 2 is 2.25 bits per heavy atom. The highest BCUT2D eigenvalue weighted by Crippen LogP contribution is 2.17. The SMILES string of the molecule is CCc1nc(CCNC(C)COC)sc1C. The summed E-state index contributed by atoms with van der Waals surface area (Å²) in [5.41, 5.74) is 1.25. The molecule has 16 heavy (non-hydrogen) atoms. The van der Waals surface area contributed by atoms with Crippen molar-refractivity contribution in [1.29, 1.82) is 0 Å². The van der Waals surface area contributed by atoms with E-state index in [-0.39, 0.29) is 0 Å². The van der Waals surface area contributed by atoms with Crippen LogP contribution >= 0.6 is 11.3 Å².